The minimum absolute atomic E-state index is 0.166. The van der Waals surface area contributed by atoms with Gasteiger partial charge in [-0.25, -0.2) is 4.98 Å². The largest absolute Gasteiger partial charge is 0.477 e. The molecule has 0 saturated carbocycles. The molecule has 0 aliphatic heterocycles. The summed E-state index contributed by atoms with van der Waals surface area (Å²) in [6.07, 6.45) is 0.788. The summed E-state index contributed by atoms with van der Waals surface area (Å²) in [7, 11) is 1.72. The van der Waals surface area contributed by atoms with Crippen LogP contribution in [0.1, 0.15) is 50.7 Å². The third-order valence-corrected chi connectivity index (χ3v) is 4.29. The second kappa shape index (κ2) is 9.58. The van der Waals surface area contributed by atoms with Crippen LogP contribution in [0, 0.1) is 0 Å². The van der Waals surface area contributed by atoms with Gasteiger partial charge in [-0.2, -0.15) is 18.2 Å². The van der Waals surface area contributed by atoms with Crippen LogP contribution in [-0.4, -0.2) is 23.6 Å². The van der Waals surface area contributed by atoms with Gasteiger partial charge in [0.2, 0.25) is 11.8 Å². The monoisotopic (exact) mass is 381 g/mol. The number of nitrogens with zero attached hydrogens (tertiary/aromatic N) is 3. The first-order valence-electron chi connectivity index (χ1n) is 9.26. The molecule has 148 valence electrons. The van der Waals surface area contributed by atoms with E-state index >= 15 is 0 Å². The molecule has 0 aliphatic carbocycles. The molecule has 1 heterocycles. The summed E-state index contributed by atoms with van der Waals surface area (Å²) >= 11 is 0. The second-order valence-electron chi connectivity index (χ2n) is 6.38. The lowest BCUT2D eigenvalue weighted by Crippen LogP contribution is -2.17. The second-order valence-corrected chi connectivity index (χ2v) is 6.38. The number of halogens is 3. The van der Waals surface area contributed by atoms with Crippen LogP contribution in [-0.2, 0) is 12.6 Å². The molecule has 0 atom stereocenters. The predicted octanol–water partition coefficient (Wildman–Crippen LogP) is 5.78. The molecule has 4 nitrogen and oxygen atoms in total. The molecular weight excluding hydrogens is 355 g/mol. The Bertz CT molecular complexity index is 735. The van der Waals surface area contributed by atoms with Crippen molar-refractivity contribution in [3.8, 4) is 5.88 Å². The fraction of sp³-hybridized carbons (Fsp3) is 0.500. The van der Waals surface area contributed by atoms with Gasteiger partial charge in [0.05, 0.1) is 6.61 Å². The fourth-order valence-electron chi connectivity index (χ4n) is 2.62. The molecule has 0 N–H and O–H groups in total. The van der Waals surface area contributed by atoms with Crippen LogP contribution in [0.3, 0.4) is 0 Å². The zero-order valence-corrected chi connectivity index (χ0v) is 16.0. The number of ether oxygens (including phenoxy) is 1. The lowest BCUT2D eigenvalue weighted by molar-refractivity contribution is -0.139. The summed E-state index contributed by atoms with van der Waals surface area (Å²) in [6.45, 7) is 4.31. The lowest BCUT2D eigenvalue weighted by atomic mass is 10.1. The average molecular weight is 381 g/mol. The maximum atomic E-state index is 13.3. The van der Waals surface area contributed by atoms with Crippen LogP contribution in [0.5, 0.6) is 5.88 Å². The van der Waals surface area contributed by atoms with Crippen LogP contribution < -0.4 is 9.64 Å². The number of aryl methyl sites for hydroxylation is 1. The number of hydrogen-bond acceptors (Lipinski definition) is 4. The summed E-state index contributed by atoms with van der Waals surface area (Å²) in [6, 6.07) is 7.73. The van der Waals surface area contributed by atoms with Crippen LogP contribution in [0.4, 0.5) is 24.8 Å². The van der Waals surface area contributed by atoms with E-state index in [-0.39, 0.29) is 12.6 Å². The molecule has 0 bridgehead atoms. The van der Waals surface area contributed by atoms with E-state index in [1.54, 1.807) is 11.9 Å². The highest BCUT2D eigenvalue weighted by Crippen LogP contribution is 2.36. The predicted molar refractivity (Wildman–Crippen MR) is 101 cm³/mol. The van der Waals surface area contributed by atoms with E-state index in [1.165, 1.54) is 0 Å². The molecule has 7 heteroatoms. The molecule has 1 aromatic heterocycles. The molecule has 0 unspecified atom stereocenters. The highest BCUT2D eigenvalue weighted by molar-refractivity contribution is 5.58. The highest BCUT2D eigenvalue weighted by atomic mass is 19.4. The van der Waals surface area contributed by atoms with E-state index < -0.39 is 17.6 Å². The smallest absolute Gasteiger partial charge is 0.423 e. The first-order valence-corrected chi connectivity index (χ1v) is 9.26. The zero-order valence-electron chi connectivity index (χ0n) is 16.0. The Morgan fingerprint density at radius 1 is 1.11 bits per heavy atom. The van der Waals surface area contributed by atoms with Crippen molar-refractivity contribution in [2.75, 3.05) is 18.6 Å². The van der Waals surface area contributed by atoms with E-state index in [2.05, 4.69) is 16.9 Å². The third-order valence-electron chi connectivity index (χ3n) is 4.29. The SMILES string of the molecule is CCCCCCOc1nc(N(C)c2cccc(CC)c2)ncc1C(F)(F)F. The van der Waals surface area contributed by atoms with Crippen molar-refractivity contribution in [1.82, 2.24) is 9.97 Å². The van der Waals surface area contributed by atoms with E-state index in [9.17, 15) is 13.2 Å². The van der Waals surface area contributed by atoms with Crippen molar-refractivity contribution in [3.05, 3.63) is 41.6 Å². The zero-order chi connectivity index (χ0) is 19.9. The van der Waals surface area contributed by atoms with E-state index in [0.717, 1.165) is 43.1 Å². The Morgan fingerprint density at radius 2 is 1.89 bits per heavy atom. The van der Waals surface area contributed by atoms with Gasteiger partial charge in [-0.3, -0.25) is 0 Å². The molecule has 27 heavy (non-hydrogen) atoms. The van der Waals surface area contributed by atoms with Gasteiger partial charge in [-0.15, -0.1) is 0 Å². The molecule has 1 aromatic carbocycles. The number of alkyl halides is 3. The van der Waals surface area contributed by atoms with Crippen molar-refractivity contribution in [3.63, 3.8) is 0 Å². The topological polar surface area (TPSA) is 38.2 Å². The highest BCUT2D eigenvalue weighted by Gasteiger charge is 2.36. The van der Waals surface area contributed by atoms with Crippen LogP contribution in [0.15, 0.2) is 30.5 Å². The first kappa shape index (κ1) is 21.0. The quantitative estimate of drug-likeness (QED) is 0.516. The van der Waals surface area contributed by atoms with Gasteiger partial charge in [0.15, 0.2) is 0 Å². The van der Waals surface area contributed by atoms with Crippen molar-refractivity contribution in [2.24, 2.45) is 0 Å². The summed E-state index contributed by atoms with van der Waals surface area (Å²) in [5.41, 5.74) is 0.985. The minimum atomic E-state index is -4.56. The first-order chi connectivity index (χ1) is 12.9. The summed E-state index contributed by atoms with van der Waals surface area (Å²) in [5.74, 6) is -0.248. The summed E-state index contributed by atoms with van der Waals surface area (Å²) in [5, 5.41) is 0. The van der Waals surface area contributed by atoms with Gasteiger partial charge in [-0.1, -0.05) is 45.2 Å². The summed E-state index contributed by atoms with van der Waals surface area (Å²) < 4.78 is 45.2. The van der Waals surface area contributed by atoms with E-state index in [1.807, 2.05) is 31.2 Å². The van der Waals surface area contributed by atoms with E-state index in [0.29, 0.717) is 6.42 Å². The molecule has 0 amide bonds. The van der Waals surface area contributed by atoms with Gasteiger partial charge < -0.3 is 9.64 Å². The number of unbranched alkanes of at least 4 members (excludes halogenated alkanes) is 3. The Hall–Kier alpha value is -2.31. The standard InChI is InChI=1S/C20H26F3N3O/c1-4-6-7-8-12-27-18-17(20(21,22)23)14-24-19(25-18)26(3)16-11-9-10-15(5-2)13-16/h9-11,13-14H,4-8,12H2,1-3H3. The fourth-order valence-corrected chi connectivity index (χ4v) is 2.62. The van der Waals surface area contributed by atoms with Crippen molar-refractivity contribution >= 4 is 11.6 Å². The molecule has 0 radical (unpaired) electrons. The number of rotatable bonds is 9. The van der Waals surface area contributed by atoms with Crippen molar-refractivity contribution in [2.45, 2.75) is 52.1 Å². The molecular formula is C20H26F3N3O. The number of aromatic nitrogens is 2. The van der Waals surface area contributed by atoms with Gasteiger partial charge >= 0.3 is 6.18 Å². The minimum Gasteiger partial charge on any atom is -0.477 e. The number of hydrogen-bond donors (Lipinski definition) is 0. The normalized spacial score (nSPS) is 11.5. The Morgan fingerprint density at radius 3 is 2.56 bits per heavy atom. The Labute approximate surface area is 158 Å². The Kier molecular flexibility index (Phi) is 7.45. The third kappa shape index (κ3) is 5.84. The molecule has 2 aromatic rings. The molecule has 0 aliphatic rings. The van der Waals surface area contributed by atoms with Crippen molar-refractivity contribution < 1.29 is 17.9 Å². The lowest BCUT2D eigenvalue weighted by Gasteiger charge is -2.20. The maximum Gasteiger partial charge on any atom is 0.423 e. The van der Waals surface area contributed by atoms with Crippen molar-refractivity contribution in [1.29, 1.82) is 0 Å². The Balaban J connectivity index is 2.25. The molecule has 0 fully saturated rings. The van der Waals surface area contributed by atoms with Gasteiger partial charge in [0.1, 0.15) is 5.56 Å². The van der Waals surface area contributed by atoms with Gasteiger partial charge in [0, 0.05) is 18.9 Å². The number of benzene rings is 1. The average Bonchev–Trinajstić information content (AvgIpc) is 2.66. The maximum absolute atomic E-state index is 13.3. The summed E-state index contributed by atoms with van der Waals surface area (Å²) in [4.78, 5) is 9.63. The molecule has 0 saturated heterocycles. The van der Waals surface area contributed by atoms with Gasteiger partial charge in [-0.05, 0) is 30.5 Å². The van der Waals surface area contributed by atoms with E-state index in [4.69, 9.17) is 4.74 Å². The van der Waals surface area contributed by atoms with Crippen LogP contribution in [0.25, 0.3) is 0 Å². The molecule has 0 spiro atoms. The van der Waals surface area contributed by atoms with Gasteiger partial charge in [0.25, 0.3) is 0 Å². The van der Waals surface area contributed by atoms with Crippen LogP contribution >= 0.6 is 0 Å². The number of anilines is 2. The molecule has 2 rings (SSSR count). The van der Waals surface area contributed by atoms with Crippen LogP contribution in [0.2, 0.25) is 0 Å².